The molecule has 0 atom stereocenters. The number of fused-ring (bicyclic) bond motifs is 1. The van der Waals surface area contributed by atoms with Crippen molar-refractivity contribution in [1.82, 2.24) is 24.6 Å². The van der Waals surface area contributed by atoms with Crippen molar-refractivity contribution in [3.63, 3.8) is 0 Å². The highest BCUT2D eigenvalue weighted by atomic mass is 15.4. The lowest BCUT2D eigenvalue weighted by atomic mass is 10.1. The standard InChI is InChI=1S/C18H25N5/c1-2-23-18(19-14-20-23)13-21-7-9-22(10-8-21)17-11-15-5-3-4-6-16(15)12-17/h3-6,14,17H,2,7-13H2,1H3. The molecule has 1 aliphatic carbocycles. The van der Waals surface area contributed by atoms with E-state index in [1.165, 1.54) is 25.9 Å². The molecule has 1 aromatic heterocycles. The van der Waals surface area contributed by atoms with Gasteiger partial charge in [0.05, 0.1) is 6.54 Å². The summed E-state index contributed by atoms with van der Waals surface area (Å²) in [6, 6.07) is 9.63. The third-order valence-corrected chi connectivity index (χ3v) is 5.31. The first-order valence-electron chi connectivity index (χ1n) is 8.73. The fraction of sp³-hybridized carbons (Fsp3) is 0.556. The van der Waals surface area contributed by atoms with Gasteiger partial charge < -0.3 is 0 Å². The van der Waals surface area contributed by atoms with E-state index < -0.39 is 0 Å². The van der Waals surface area contributed by atoms with E-state index in [1.807, 2.05) is 4.68 Å². The van der Waals surface area contributed by atoms with Gasteiger partial charge in [-0.05, 0) is 30.9 Å². The summed E-state index contributed by atoms with van der Waals surface area (Å²) < 4.78 is 2.00. The van der Waals surface area contributed by atoms with Crippen LogP contribution >= 0.6 is 0 Å². The zero-order valence-electron chi connectivity index (χ0n) is 13.9. The van der Waals surface area contributed by atoms with Crippen LogP contribution in [0.1, 0.15) is 23.9 Å². The highest BCUT2D eigenvalue weighted by molar-refractivity contribution is 5.33. The van der Waals surface area contributed by atoms with Crippen LogP contribution in [0.5, 0.6) is 0 Å². The summed E-state index contributed by atoms with van der Waals surface area (Å²) in [5.74, 6) is 1.09. The second kappa shape index (κ2) is 6.42. The lowest BCUT2D eigenvalue weighted by Crippen LogP contribution is -2.50. The van der Waals surface area contributed by atoms with Crippen LogP contribution in [-0.4, -0.2) is 56.8 Å². The largest absolute Gasteiger partial charge is 0.297 e. The van der Waals surface area contributed by atoms with E-state index in [9.17, 15) is 0 Å². The second-order valence-electron chi connectivity index (χ2n) is 6.63. The van der Waals surface area contributed by atoms with Crippen molar-refractivity contribution in [2.24, 2.45) is 0 Å². The SMILES string of the molecule is CCn1ncnc1CN1CCN(C2Cc3ccccc3C2)CC1. The van der Waals surface area contributed by atoms with Crippen LogP contribution in [0, 0.1) is 0 Å². The quantitative estimate of drug-likeness (QED) is 0.859. The van der Waals surface area contributed by atoms with Crippen LogP contribution < -0.4 is 0 Å². The Balaban J connectivity index is 1.32. The number of aryl methyl sites for hydroxylation is 1. The molecular formula is C18H25N5. The summed E-state index contributed by atoms with van der Waals surface area (Å²) in [5.41, 5.74) is 3.10. The second-order valence-corrected chi connectivity index (χ2v) is 6.63. The van der Waals surface area contributed by atoms with E-state index in [-0.39, 0.29) is 0 Å². The Bertz CT molecular complexity index is 632. The first-order chi connectivity index (χ1) is 11.3. The van der Waals surface area contributed by atoms with E-state index in [2.05, 4.69) is 51.1 Å². The average molecular weight is 311 g/mol. The molecule has 5 heteroatoms. The van der Waals surface area contributed by atoms with Gasteiger partial charge >= 0.3 is 0 Å². The third kappa shape index (κ3) is 3.03. The highest BCUT2D eigenvalue weighted by Crippen LogP contribution is 2.26. The Morgan fingerprint density at radius 3 is 2.39 bits per heavy atom. The van der Waals surface area contributed by atoms with Gasteiger partial charge in [0.1, 0.15) is 12.2 Å². The highest BCUT2D eigenvalue weighted by Gasteiger charge is 2.29. The van der Waals surface area contributed by atoms with Gasteiger partial charge in [0.25, 0.3) is 0 Å². The van der Waals surface area contributed by atoms with Crippen LogP contribution in [-0.2, 0) is 25.9 Å². The Labute approximate surface area is 137 Å². The number of rotatable bonds is 4. The van der Waals surface area contributed by atoms with E-state index in [0.29, 0.717) is 6.04 Å². The number of aromatic nitrogens is 3. The first kappa shape index (κ1) is 14.8. The average Bonchev–Trinajstić information content (AvgIpc) is 3.21. The molecule has 0 N–H and O–H groups in total. The fourth-order valence-corrected chi connectivity index (χ4v) is 3.96. The fourth-order valence-electron chi connectivity index (χ4n) is 3.96. The molecule has 1 fully saturated rings. The smallest absolute Gasteiger partial charge is 0.140 e. The maximum absolute atomic E-state index is 4.40. The zero-order valence-corrected chi connectivity index (χ0v) is 13.9. The Morgan fingerprint density at radius 1 is 1.04 bits per heavy atom. The van der Waals surface area contributed by atoms with Gasteiger partial charge in [-0.3, -0.25) is 9.80 Å². The predicted molar refractivity (Wildman–Crippen MR) is 90.2 cm³/mol. The van der Waals surface area contributed by atoms with Crippen molar-refractivity contribution in [2.75, 3.05) is 26.2 Å². The van der Waals surface area contributed by atoms with E-state index in [1.54, 1.807) is 17.5 Å². The summed E-state index contributed by atoms with van der Waals surface area (Å²) in [5, 5.41) is 4.27. The van der Waals surface area contributed by atoms with Gasteiger partial charge in [-0.15, -0.1) is 0 Å². The molecule has 0 unspecified atom stereocenters. The molecule has 1 saturated heterocycles. The minimum atomic E-state index is 0.703. The van der Waals surface area contributed by atoms with Crippen molar-refractivity contribution in [1.29, 1.82) is 0 Å². The third-order valence-electron chi connectivity index (χ3n) is 5.31. The number of nitrogens with zero attached hydrogens (tertiary/aromatic N) is 5. The zero-order chi connectivity index (χ0) is 15.6. The van der Waals surface area contributed by atoms with Gasteiger partial charge in [-0.25, -0.2) is 9.67 Å². The molecule has 5 nitrogen and oxygen atoms in total. The summed E-state index contributed by atoms with van der Waals surface area (Å²) >= 11 is 0. The molecule has 1 aliphatic heterocycles. The molecule has 0 bridgehead atoms. The Hall–Kier alpha value is -1.72. The minimum absolute atomic E-state index is 0.703. The first-order valence-corrected chi connectivity index (χ1v) is 8.73. The lowest BCUT2D eigenvalue weighted by molar-refractivity contribution is 0.0924. The van der Waals surface area contributed by atoms with Gasteiger partial charge in [0, 0.05) is 38.8 Å². The molecule has 0 radical (unpaired) electrons. The van der Waals surface area contributed by atoms with Gasteiger partial charge in [-0.1, -0.05) is 24.3 Å². The molecule has 1 aromatic carbocycles. The van der Waals surface area contributed by atoms with Crippen LogP contribution in [0.3, 0.4) is 0 Å². The molecule has 4 rings (SSSR count). The molecule has 2 aromatic rings. The minimum Gasteiger partial charge on any atom is -0.297 e. The van der Waals surface area contributed by atoms with Gasteiger partial charge in [0.2, 0.25) is 0 Å². The Kier molecular flexibility index (Phi) is 4.14. The maximum Gasteiger partial charge on any atom is 0.140 e. The molecule has 122 valence electrons. The number of benzene rings is 1. The summed E-state index contributed by atoms with van der Waals surface area (Å²) in [6.07, 6.45) is 4.12. The van der Waals surface area contributed by atoms with Crippen LogP contribution in [0.4, 0.5) is 0 Å². The van der Waals surface area contributed by atoms with Crippen LogP contribution in [0.2, 0.25) is 0 Å². The van der Waals surface area contributed by atoms with Gasteiger partial charge in [-0.2, -0.15) is 5.10 Å². The topological polar surface area (TPSA) is 37.2 Å². The maximum atomic E-state index is 4.40. The van der Waals surface area contributed by atoms with Crippen molar-refractivity contribution in [3.8, 4) is 0 Å². The molecule has 0 spiro atoms. The number of piperazine rings is 1. The van der Waals surface area contributed by atoms with Gasteiger partial charge in [0.15, 0.2) is 0 Å². The Morgan fingerprint density at radius 2 is 1.74 bits per heavy atom. The summed E-state index contributed by atoms with van der Waals surface area (Å²) in [4.78, 5) is 9.59. The van der Waals surface area contributed by atoms with E-state index in [0.717, 1.165) is 32.0 Å². The van der Waals surface area contributed by atoms with E-state index in [4.69, 9.17) is 0 Å². The molecule has 0 amide bonds. The lowest BCUT2D eigenvalue weighted by Gasteiger charge is -2.37. The molecule has 2 aliphatic rings. The van der Waals surface area contributed by atoms with Crippen molar-refractivity contribution < 1.29 is 0 Å². The monoisotopic (exact) mass is 311 g/mol. The van der Waals surface area contributed by atoms with Crippen LogP contribution in [0.15, 0.2) is 30.6 Å². The van der Waals surface area contributed by atoms with Crippen LogP contribution in [0.25, 0.3) is 0 Å². The molecular weight excluding hydrogens is 286 g/mol. The van der Waals surface area contributed by atoms with E-state index >= 15 is 0 Å². The number of hydrogen-bond acceptors (Lipinski definition) is 4. The van der Waals surface area contributed by atoms with Crippen molar-refractivity contribution >= 4 is 0 Å². The normalized spacial score (nSPS) is 20.0. The van der Waals surface area contributed by atoms with Crippen molar-refractivity contribution in [3.05, 3.63) is 47.5 Å². The molecule has 23 heavy (non-hydrogen) atoms. The molecule has 0 saturated carbocycles. The summed E-state index contributed by atoms with van der Waals surface area (Å²) in [6.45, 7) is 8.53. The predicted octanol–water partition coefficient (Wildman–Crippen LogP) is 1.58. The van der Waals surface area contributed by atoms with Crippen molar-refractivity contribution in [2.45, 2.75) is 38.9 Å². The molecule has 2 heterocycles. The number of hydrogen-bond donors (Lipinski definition) is 0. The summed E-state index contributed by atoms with van der Waals surface area (Å²) in [7, 11) is 0.